The molecule has 0 atom stereocenters. The fourth-order valence-corrected chi connectivity index (χ4v) is 5.97. The first-order valence-corrected chi connectivity index (χ1v) is 11.4. The fraction of sp³-hybridized carbons (Fsp3) is 0.381. The Bertz CT molecular complexity index is 1060. The molecule has 0 N–H and O–H groups in total. The molecular weight excluding hydrogens is 404 g/mol. The highest BCUT2D eigenvalue weighted by Crippen LogP contribution is 2.35. The van der Waals surface area contributed by atoms with Crippen molar-refractivity contribution < 1.29 is 18.0 Å². The van der Waals surface area contributed by atoms with Gasteiger partial charge in [0.15, 0.2) is 0 Å². The predicted octanol–water partition coefficient (Wildman–Crippen LogP) is 1.75. The Morgan fingerprint density at radius 3 is 2.20 bits per heavy atom. The summed E-state index contributed by atoms with van der Waals surface area (Å²) in [5.74, 6) is 0.110. The first-order valence-electron chi connectivity index (χ1n) is 9.82. The Balaban J connectivity index is 1.45. The second kappa shape index (κ2) is 7.39. The van der Waals surface area contributed by atoms with Gasteiger partial charge in [0.2, 0.25) is 15.9 Å². The van der Waals surface area contributed by atoms with Gasteiger partial charge in [-0.05, 0) is 50.2 Å². The van der Waals surface area contributed by atoms with Crippen molar-refractivity contribution in [2.24, 2.45) is 5.41 Å². The predicted molar refractivity (Wildman–Crippen MR) is 114 cm³/mol. The third kappa shape index (κ3) is 3.65. The molecule has 0 radical (unpaired) electrons. The highest BCUT2D eigenvalue weighted by molar-refractivity contribution is 7.94. The van der Waals surface area contributed by atoms with Crippen molar-refractivity contribution in [3.63, 3.8) is 0 Å². The zero-order valence-electron chi connectivity index (χ0n) is 17.0. The van der Waals surface area contributed by atoms with E-state index in [1.807, 2.05) is 18.2 Å². The van der Waals surface area contributed by atoms with E-state index >= 15 is 0 Å². The molecule has 0 unspecified atom stereocenters. The summed E-state index contributed by atoms with van der Waals surface area (Å²) in [6.07, 6.45) is 1.75. The topological polar surface area (TPSA) is 90.9 Å². The van der Waals surface area contributed by atoms with Crippen LogP contribution in [-0.2, 0) is 14.8 Å². The third-order valence-corrected chi connectivity index (χ3v) is 7.49. The van der Waals surface area contributed by atoms with Crippen molar-refractivity contribution in [1.82, 2.24) is 9.88 Å². The maximum Gasteiger partial charge on any atom is 0.253 e. The maximum atomic E-state index is 12.9. The van der Waals surface area contributed by atoms with Crippen LogP contribution in [0.1, 0.15) is 24.2 Å². The van der Waals surface area contributed by atoms with Crippen LogP contribution in [0.4, 0.5) is 11.5 Å². The Morgan fingerprint density at radius 2 is 1.67 bits per heavy atom. The third-order valence-electron chi connectivity index (χ3n) is 5.47. The van der Waals surface area contributed by atoms with Crippen LogP contribution in [0.2, 0.25) is 0 Å². The Labute approximate surface area is 176 Å². The minimum absolute atomic E-state index is 0.113. The highest BCUT2D eigenvalue weighted by atomic mass is 32.2. The number of amides is 2. The monoisotopic (exact) mass is 428 g/mol. The SMILES string of the molecule is CC1(C)CS(=O)(=O)N(c2ccc(C(=O)N3CCN(c4ccccn4)CC3)cc2)C1=O. The van der Waals surface area contributed by atoms with Crippen LogP contribution in [-0.4, -0.2) is 62.0 Å². The number of benzene rings is 1. The van der Waals surface area contributed by atoms with Gasteiger partial charge < -0.3 is 9.80 Å². The van der Waals surface area contributed by atoms with E-state index in [0.717, 1.165) is 10.1 Å². The normalized spacial score (nSPS) is 20.5. The van der Waals surface area contributed by atoms with Crippen LogP contribution in [0.3, 0.4) is 0 Å². The number of sulfonamides is 1. The number of piperazine rings is 1. The number of anilines is 2. The first-order chi connectivity index (χ1) is 14.2. The second-order valence-corrected chi connectivity index (χ2v) is 10.0. The number of carbonyl (C=O) groups is 2. The summed E-state index contributed by atoms with van der Waals surface area (Å²) in [4.78, 5) is 33.6. The number of aromatic nitrogens is 1. The van der Waals surface area contributed by atoms with Gasteiger partial charge in [0.1, 0.15) is 5.82 Å². The highest BCUT2D eigenvalue weighted by Gasteiger charge is 2.49. The van der Waals surface area contributed by atoms with E-state index in [9.17, 15) is 18.0 Å². The Hall–Kier alpha value is -2.94. The lowest BCUT2D eigenvalue weighted by atomic mass is 9.95. The fourth-order valence-electron chi connectivity index (χ4n) is 3.86. The van der Waals surface area contributed by atoms with E-state index < -0.39 is 21.3 Å². The van der Waals surface area contributed by atoms with Gasteiger partial charge in [-0.3, -0.25) is 9.59 Å². The largest absolute Gasteiger partial charge is 0.353 e. The molecule has 2 aliphatic heterocycles. The molecule has 8 nitrogen and oxygen atoms in total. The average Bonchev–Trinajstić information content (AvgIpc) is 2.90. The van der Waals surface area contributed by atoms with Crippen molar-refractivity contribution in [2.45, 2.75) is 13.8 Å². The minimum Gasteiger partial charge on any atom is -0.353 e. The van der Waals surface area contributed by atoms with Gasteiger partial charge in [-0.25, -0.2) is 17.7 Å². The molecule has 1 aromatic carbocycles. The number of hydrogen-bond acceptors (Lipinski definition) is 6. The molecule has 4 rings (SSSR count). The van der Waals surface area contributed by atoms with Crippen molar-refractivity contribution in [1.29, 1.82) is 0 Å². The lowest BCUT2D eigenvalue weighted by molar-refractivity contribution is -0.123. The molecule has 9 heteroatoms. The number of rotatable bonds is 3. The van der Waals surface area contributed by atoms with Crippen LogP contribution >= 0.6 is 0 Å². The van der Waals surface area contributed by atoms with Crippen LogP contribution in [0.25, 0.3) is 0 Å². The van der Waals surface area contributed by atoms with Crippen LogP contribution in [0.5, 0.6) is 0 Å². The molecule has 3 heterocycles. The molecule has 1 aromatic heterocycles. The maximum absolute atomic E-state index is 12.9. The molecule has 2 aromatic rings. The van der Waals surface area contributed by atoms with Crippen molar-refractivity contribution in [2.75, 3.05) is 41.1 Å². The van der Waals surface area contributed by atoms with E-state index in [2.05, 4.69) is 9.88 Å². The van der Waals surface area contributed by atoms with Gasteiger partial charge in [0.25, 0.3) is 5.91 Å². The summed E-state index contributed by atoms with van der Waals surface area (Å²) >= 11 is 0. The van der Waals surface area contributed by atoms with Gasteiger partial charge in [-0.2, -0.15) is 0 Å². The molecule has 2 saturated heterocycles. The molecular formula is C21H24N4O4S. The van der Waals surface area contributed by atoms with E-state index in [0.29, 0.717) is 31.7 Å². The summed E-state index contributed by atoms with van der Waals surface area (Å²) in [7, 11) is -3.71. The van der Waals surface area contributed by atoms with Crippen LogP contribution < -0.4 is 9.21 Å². The Morgan fingerprint density at radius 1 is 1.00 bits per heavy atom. The van der Waals surface area contributed by atoms with Crippen molar-refractivity contribution >= 4 is 33.3 Å². The lowest BCUT2D eigenvalue weighted by Crippen LogP contribution is -2.49. The molecule has 0 spiro atoms. The summed E-state index contributed by atoms with van der Waals surface area (Å²) in [6.45, 7) is 5.77. The minimum atomic E-state index is -3.71. The number of carbonyl (C=O) groups excluding carboxylic acids is 2. The first kappa shape index (κ1) is 20.3. The van der Waals surface area contributed by atoms with E-state index in [1.165, 1.54) is 12.1 Å². The van der Waals surface area contributed by atoms with Crippen LogP contribution in [0.15, 0.2) is 48.7 Å². The molecule has 30 heavy (non-hydrogen) atoms. The van der Waals surface area contributed by atoms with Gasteiger partial charge in [0.05, 0.1) is 16.9 Å². The summed E-state index contributed by atoms with van der Waals surface area (Å²) < 4.78 is 25.7. The smallest absolute Gasteiger partial charge is 0.253 e. The van der Waals surface area contributed by atoms with E-state index in [4.69, 9.17) is 0 Å². The zero-order valence-corrected chi connectivity index (χ0v) is 17.8. The molecule has 158 valence electrons. The van der Waals surface area contributed by atoms with Gasteiger partial charge in [-0.1, -0.05) is 6.07 Å². The van der Waals surface area contributed by atoms with Crippen molar-refractivity contribution in [3.05, 3.63) is 54.2 Å². The number of nitrogens with zero attached hydrogens (tertiary/aromatic N) is 4. The van der Waals surface area contributed by atoms with Gasteiger partial charge in [0, 0.05) is 37.9 Å². The quantitative estimate of drug-likeness (QED) is 0.740. The summed E-state index contributed by atoms with van der Waals surface area (Å²) in [5.41, 5.74) is -0.226. The van der Waals surface area contributed by atoms with Gasteiger partial charge in [-0.15, -0.1) is 0 Å². The molecule has 0 saturated carbocycles. The average molecular weight is 429 g/mol. The molecule has 2 aliphatic rings. The summed E-state index contributed by atoms with van der Waals surface area (Å²) in [6, 6.07) is 12.0. The lowest BCUT2D eigenvalue weighted by Gasteiger charge is -2.35. The zero-order chi connectivity index (χ0) is 21.5. The Kier molecular flexibility index (Phi) is 5.01. The number of pyridine rings is 1. The van der Waals surface area contributed by atoms with E-state index in [-0.39, 0.29) is 17.3 Å². The second-order valence-electron chi connectivity index (χ2n) is 8.22. The molecule has 0 aliphatic carbocycles. The molecule has 2 amide bonds. The standard InChI is InChI=1S/C21H24N4O4S/c1-21(2)15-30(28,29)25(20(21)27)17-8-6-16(7-9-17)19(26)24-13-11-23(12-14-24)18-5-3-4-10-22-18/h3-10H,11-15H2,1-2H3. The van der Waals surface area contributed by atoms with Gasteiger partial charge >= 0.3 is 0 Å². The van der Waals surface area contributed by atoms with E-state index in [1.54, 1.807) is 37.1 Å². The molecule has 0 bridgehead atoms. The van der Waals surface area contributed by atoms with Crippen LogP contribution in [0, 0.1) is 5.41 Å². The summed E-state index contributed by atoms with van der Waals surface area (Å²) in [5, 5.41) is 0. The van der Waals surface area contributed by atoms with Crippen molar-refractivity contribution in [3.8, 4) is 0 Å². The molecule has 2 fully saturated rings. The number of hydrogen-bond donors (Lipinski definition) is 0.